The van der Waals surface area contributed by atoms with Gasteiger partial charge >= 0.3 is 6.03 Å². The summed E-state index contributed by atoms with van der Waals surface area (Å²) in [6.45, 7) is 1.40. The highest BCUT2D eigenvalue weighted by Gasteiger charge is 2.04. The van der Waals surface area contributed by atoms with E-state index in [1.54, 1.807) is 5.32 Å². The average Bonchev–Trinajstić information content (AvgIpc) is 1.86. The van der Waals surface area contributed by atoms with Crippen LogP contribution in [0.25, 0.3) is 0 Å². The van der Waals surface area contributed by atoms with Gasteiger partial charge in [-0.2, -0.15) is 0 Å². The van der Waals surface area contributed by atoms with E-state index in [0.717, 1.165) is 6.08 Å². The summed E-state index contributed by atoms with van der Waals surface area (Å²) in [7, 11) is 0. The molecule has 0 aliphatic heterocycles. The normalized spacial score (nSPS) is 10.5. The number of carbonyl (C=O) groups is 3. The van der Waals surface area contributed by atoms with Crippen molar-refractivity contribution in [1.82, 2.24) is 5.32 Å². The lowest BCUT2D eigenvalue weighted by Crippen LogP contribution is -2.35. The van der Waals surface area contributed by atoms with E-state index in [-0.39, 0.29) is 5.57 Å². The number of urea groups is 1. The van der Waals surface area contributed by atoms with Crippen LogP contribution in [0.1, 0.15) is 6.92 Å². The fraction of sp³-hybridized carbons (Fsp3) is 0.167. The Morgan fingerprint density at radius 2 is 2.00 bits per heavy atom. The molecule has 0 rings (SSSR count). The Morgan fingerprint density at radius 1 is 1.45 bits per heavy atom. The maximum Gasteiger partial charge on any atom is 0.319 e. The number of allylic oxidation sites excluding steroid dienone is 1. The summed E-state index contributed by atoms with van der Waals surface area (Å²) in [6.07, 6.45) is 1.49. The molecule has 5 nitrogen and oxygen atoms in total. The van der Waals surface area contributed by atoms with Gasteiger partial charge < -0.3 is 5.73 Å². The standard InChI is InChI=1S/C6H8N2O3/c1-4(2-3-9)5(10)8-6(7)11/h2-3H,1H3,(H3,7,8,10,11). The fourth-order valence-corrected chi connectivity index (χ4v) is 0.388. The van der Waals surface area contributed by atoms with Gasteiger partial charge in [0.15, 0.2) is 0 Å². The SMILES string of the molecule is CC(=CC=O)C(=O)NC(N)=O. The summed E-state index contributed by atoms with van der Waals surface area (Å²) < 4.78 is 0. The van der Waals surface area contributed by atoms with Crippen LogP contribution in [0.3, 0.4) is 0 Å². The molecule has 0 fully saturated rings. The molecule has 0 unspecified atom stereocenters. The van der Waals surface area contributed by atoms with Crippen molar-refractivity contribution in [2.75, 3.05) is 0 Å². The molecule has 0 aromatic rings. The van der Waals surface area contributed by atoms with Crippen LogP contribution < -0.4 is 11.1 Å². The van der Waals surface area contributed by atoms with Gasteiger partial charge in [0.05, 0.1) is 0 Å². The molecule has 0 saturated heterocycles. The molecule has 0 aliphatic rings. The minimum absolute atomic E-state index is 0.138. The van der Waals surface area contributed by atoms with Gasteiger partial charge in [0.25, 0.3) is 5.91 Å². The molecule has 3 N–H and O–H groups in total. The van der Waals surface area contributed by atoms with Crippen LogP contribution in [-0.2, 0) is 9.59 Å². The van der Waals surface area contributed by atoms with E-state index in [1.807, 2.05) is 0 Å². The average molecular weight is 156 g/mol. The highest BCUT2D eigenvalue weighted by atomic mass is 16.2. The zero-order valence-electron chi connectivity index (χ0n) is 5.96. The summed E-state index contributed by atoms with van der Waals surface area (Å²) in [5, 5.41) is 1.80. The number of nitrogens with one attached hydrogen (secondary N) is 1. The molecule has 0 spiro atoms. The van der Waals surface area contributed by atoms with Gasteiger partial charge in [0.1, 0.15) is 6.29 Å². The molecular formula is C6H8N2O3. The second-order valence-corrected chi connectivity index (χ2v) is 1.80. The Bertz CT molecular complexity index is 220. The lowest BCUT2D eigenvalue weighted by Gasteiger charge is -1.97. The van der Waals surface area contributed by atoms with Crippen LogP contribution in [0.2, 0.25) is 0 Å². The van der Waals surface area contributed by atoms with Gasteiger partial charge in [-0.25, -0.2) is 4.79 Å². The van der Waals surface area contributed by atoms with Crippen molar-refractivity contribution in [1.29, 1.82) is 0 Å². The number of amides is 3. The lowest BCUT2D eigenvalue weighted by molar-refractivity contribution is -0.116. The number of hydrogen-bond donors (Lipinski definition) is 2. The molecule has 0 saturated carbocycles. The molecule has 5 heteroatoms. The van der Waals surface area contributed by atoms with Gasteiger partial charge in [-0.1, -0.05) is 0 Å². The molecule has 0 aromatic heterocycles. The summed E-state index contributed by atoms with van der Waals surface area (Å²) in [5.74, 6) is -0.662. The second kappa shape index (κ2) is 4.21. The van der Waals surface area contributed by atoms with Crippen molar-refractivity contribution in [2.24, 2.45) is 5.73 Å². The van der Waals surface area contributed by atoms with Gasteiger partial charge in [-0.05, 0) is 13.0 Å². The first-order valence-electron chi connectivity index (χ1n) is 2.80. The summed E-state index contributed by atoms with van der Waals surface area (Å²) in [4.78, 5) is 30.6. The van der Waals surface area contributed by atoms with Crippen LogP contribution >= 0.6 is 0 Å². The van der Waals surface area contributed by atoms with Gasteiger partial charge in [-0.15, -0.1) is 0 Å². The van der Waals surface area contributed by atoms with E-state index in [9.17, 15) is 14.4 Å². The maximum atomic E-state index is 10.7. The molecule has 60 valence electrons. The van der Waals surface area contributed by atoms with Crippen LogP contribution in [0, 0.1) is 0 Å². The minimum Gasteiger partial charge on any atom is -0.351 e. The van der Waals surface area contributed by atoms with Crippen molar-refractivity contribution >= 4 is 18.2 Å². The number of imide groups is 1. The Kier molecular flexibility index (Phi) is 3.58. The van der Waals surface area contributed by atoms with Gasteiger partial charge in [0.2, 0.25) is 0 Å². The number of hydrogen-bond acceptors (Lipinski definition) is 3. The van der Waals surface area contributed by atoms with E-state index in [0.29, 0.717) is 6.29 Å². The molecule has 11 heavy (non-hydrogen) atoms. The Morgan fingerprint density at radius 3 is 2.36 bits per heavy atom. The lowest BCUT2D eigenvalue weighted by atomic mass is 10.3. The summed E-state index contributed by atoms with van der Waals surface area (Å²) >= 11 is 0. The van der Waals surface area contributed by atoms with E-state index >= 15 is 0 Å². The van der Waals surface area contributed by atoms with Gasteiger partial charge in [-0.3, -0.25) is 14.9 Å². The molecular weight excluding hydrogens is 148 g/mol. The predicted molar refractivity (Wildman–Crippen MR) is 37.5 cm³/mol. The van der Waals surface area contributed by atoms with E-state index in [4.69, 9.17) is 0 Å². The second-order valence-electron chi connectivity index (χ2n) is 1.80. The Labute approximate surface area is 63.2 Å². The highest BCUT2D eigenvalue weighted by molar-refractivity contribution is 6.04. The Hall–Kier alpha value is -1.65. The molecule has 0 bridgehead atoms. The van der Waals surface area contributed by atoms with Crippen LogP contribution in [0.15, 0.2) is 11.6 Å². The molecule has 0 radical (unpaired) electrons. The van der Waals surface area contributed by atoms with Crippen LogP contribution in [-0.4, -0.2) is 18.2 Å². The molecule has 0 aliphatic carbocycles. The van der Waals surface area contributed by atoms with Crippen LogP contribution in [0.4, 0.5) is 4.79 Å². The molecule has 0 atom stereocenters. The fourth-order valence-electron chi connectivity index (χ4n) is 0.388. The minimum atomic E-state index is -0.936. The van der Waals surface area contributed by atoms with Crippen LogP contribution in [0.5, 0.6) is 0 Å². The van der Waals surface area contributed by atoms with Crippen molar-refractivity contribution in [2.45, 2.75) is 6.92 Å². The van der Waals surface area contributed by atoms with Crippen molar-refractivity contribution in [3.63, 3.8) is 0 Å². The van der Waals surface area contributed by atoms with Gasteiger partial charge in [0, 0.05) is 5.57 Å². The molecule has 0 heterocycles. The zero-order valence-corrected chi connectivity index (χ0v) is 5.96. The first-order valence-corrected chi connectivity index (χ1v) is 2.80. The molecule has 3 amide bonds. The third kappa shape index (κ3) is 3.85. The number of nitrogens with two attached hydrogens (primary N) is 1. The Balaban J connectivity index is 4.14. The maximum absolute atomic E-state index is 10.7. The first-order chi connectivity index (χ1) is 5.07. The number of carbonyl (C=O) groups excluding carboxylic acids is 3. The monoisotopic (exact) mass is 156 g/mol. The molecule has 0 aromatic carbocycles. The third-order valence-electron chi connectivity index (χ3n) is 0.913. The van der Waals surface area contributed by atoms with E-state index < -0.39 is 11.9 Å². The zero-order chi connectivity index (χ0) is 8.85. The largest absolute Gasteiger partial charge is 0.351 e. The quantitative estimate of drug-likeness (QED) is 0.410. The number of aldehydes is 1. The predicted octanol–water partition coefficient (Wildman–Crippen LogP) is -0.673. The van der Waals surface area contributed by atoms with Crippen molar-refractivity contribution < 1.29 is 14.4 Å². The summed E-state index contributed by atoms with van der Waals surface area (Å²) in [5.41, 5.74) is 4.78. The van der Waals surface area contributed by atoms with Crippen molar-refractivity contribution in [3.8, 4) is 0 Å². The summed E-state index contributed by atoms with van der Waals surface area (Å²) in [6, 6.07) is -0.936. The number of rotatable bonds is 2. The topological polar surface area (TPSA) is 89.3 Å². The third-order valence-corrected chi connectivity index (χ3v) is 0.913. The number of primary amides is 1. The van der Waals surface area contributed by atoms with E-state index in [2.05, 4.69) is 5.73 Å². The van der Waals surface area contributed by atoms with Crippen molar-refractivity contribution in [3.05, 3.63) is 11.6 Å². The van der Waals surface area contributed by atoms with E-state index in [1.165, 1.54) is 6.92 Å². The highest BCUT2D eigenvalue weighted by Crippen LogP contribution is 1.88. The smallest absolute Gasteiger partial charge is 0.319 e. The first kappa shape index (κ1) is 9.35.